The zero-order valence-electron chi connectivity index (χ0n) is 12.2. The van der Waals surface area contributed by atoms with E-state index in [4.69, 9.17) is 0 Å². The first kappa shape index (κ1) is 17.4. The van der Waals surface area contributed by atoms with Gasteiger partial charge in [-0.2, -0.15) is 0 Å². The van der Waals surface area contributed by atoms with Gasteiger partial charge >= 0.3 is 0 Å². The Kier molecular flexibility index (Phi) is 5.68. The van der Waals surface area contributed by atoms with Crippen LogP contribution in [0, 0.1) is 16.0 Å². The predicted molar refractivity (Wildman–Crippen MR) is 80.2 cm³/mol. The van der Waals surface area contributed by atoms with Gasteiger partial charge in [0.1, 0.15) is 5.69 Å². The van der Waals surface area contributed by atoms with Crippen LogP contribution in [0.2, 0.25) is 0 Å². The molecule has 21 heavy (non-hydrogen) atoms. The average molecular weight is 316 g/mol. The highest BCUT2D eigenvalue weighted by atomic mass is 32.2. The normalized spacial score (nSPS) is 13.2. The van der Waals surface area contributed by atoms with E-state index in [1.54, 1.807) is 0 Å². The molecule has 0 aromatic heterocycles. The van der Waals surface area contributed by atoms with Crippen LogP contribution >= 0.6 is 0 Å². The van der Waals surface area contributed by atoms with Gasteiger partial charge in [0.25, 0.3) is 5.69 Å². The lowest BCUT2D eigenvalue weighted by Crippen LogP contribution is -2.26. The molecule has 0 aliphatic heterocycles. The van der Waals surface area contributed by atoms with Crippen LogP contribution in [0.25, 0.3) is 0 Å². The van der Waals surface area contributed by atoms with Crippen molar-refractivity contribution in [1.29, 1.82) is 0 Å². The van der Waals surface area contributed by atoms with Crippen molar-refractivity contribution in [3.8, 4) is 0 Å². The molecule has 1 aromatic rings. The van der Waals surface area contributed by atoms with E-state index in [9.17, 15) is 23.6 Å². The minimum atomic E-state index is -3.51. The van der Waals surface area contributed by atoms with Crippen LogP contribution in [0.15, 0.2) is 23.1 Å². The third-order valence-electron chi connectivity index (χ3n) is 2.93. The maximum atomic E-state index is 11.5. The first-order chi connectivity index (χ1) is 9.65. The molecule has 0 bridgehead atoms. The average Bonchev–Trinajstić information content (AvgIpc) is 2.36. The number of nitrogens with zero attached hydrogens (tertiary/aromatic N) is 1. The number of rotatable bonds is 7. The molecule has 0 heterocycles. The molecule has 0 aliphatic rings. The summed E-state index contributed by atoms with van der Waals surface area (Å²) in [6.45, 7) is 3.79. The number of hydrogen-bond donors (Lipinski definition) is 2. The van der Waals surface area contributed by atoms with Crippen molar-refractivity contribution in [1.82, 2.24) is 0 Å². The number of benzene rings is 1. The Morgan fingerprint density at radius 2 is 2.00 bits per heavy atom. The fourth-order valence-corrected chi connectivity index (χ4v) is 2.62. The summed E-state index contributed by atoms with van der Waals surface area (Å²) >= 11 is 0. The highest BCUT2D eigenvalue weighted by Crippen LogP contribution is 2.28. The molecule has 0 amide bonds. The topological polar surface area (TPSA) is 110 Å². The molecule has 1 atom stereocenters. The molecule has 1 rings (SSSR count). The summed E-state index contributed by atoms with van der Waals surface area (Å²) in [5.74, 6) is 0.309. The van der Waals surface area contributed by atoms with Crippen molar-refractivity contribution >= 4 is 21.2 Å². The van der Waals surface area contributed by atoms with Gasteiger partial charge in [-0.25, -0.2) is 8.42 Å². The maximum absolute atomic E-state index is 11.5. The predicted octanol–water partition coefficient (Wildman–Crippen LogP) is 1.82. The van der Waals surface area contributed by atoms with E-state index in [-0.39, 0.29) is 28.9 Å². The molecule has 0 aliphatic carbocycles. The van der Waals surface area contributed by atoms with Gasteiger partial charge in [0.2, 0.25) is 0 Å². The summed E-state index contributed by atoms with van der Waals surface area (Å²) in [7, 11) is -3.51. The molecule has 0 saturated heterocycles. The van der Waals surface area contributed by atoms with E-state index in [1.807, 2.05) is 13.8 Å². The summed E-state index contributed by atoms with van der Waals surface area (Å²) in [6.07, 6.45) is 1.63. The Bertz CT molecular complexity index is 613. The van der Waals surface area contributed by atoms with Gasteiger partial charge in [-0.1, -0.05) is 13.8 Å². The van der Waals surface area contributed by atoms with Crippen molar-refractivity contribution in [3.63, 3.8) is 0 Å². The lowest BCUT2D eigenvalue weighted by molar-refractivity contribution is -0.384. The standard InChI is InChI=1S/C13H20N2O5S/c1-9(2)6-10(8-16)14-12-5-4-11(21(3,19)20)7-13(12)15(17)18/h4-5,7,9-10,14,16H,6,8H2,1-3H3. The molecule has 0 spiro atoms. The van der Waals surface area contributed by atoms with E-state index in [0.29, 0.717) is 12.3 Å². The van der Waals surface area contributed by atoms with Crippen LogP contribution in [0.4, 0.5) is 11.4 Å². The summed E-state index contributed by atoms with van der Waals surface area (Å²) in [5.41, 5.74) is -0.118. The first-order valence-corrected chi connectivity index (χ1v) is 8.40. The Balaban J connectivity index is 3.15. The van der Waals surface area contributed by atoms with Crippen LogP contribution in [-0.4, -0.2) is 37.4 Å². The lowest BCUT2D eigenvalue weighted by Gasteiger charge is -2.19. The number of anilines is 1. The summed E-state index contributed by atoms with van der Waals surface area (Å²) in [6, 6.07) is 3.38. The van der Waals surface area contributed by atoms with E-state index in [1.165, 1.54) is 12.1 Å². The molecule has 0 fully saturated rings. The molecule has 8 heteroatoms. The third kappa shape index (κ3) is 4.98. The highest BCUT2D eigenvalue weighted by molar-refractivity contribution is 7.90. The third-order valence-corrected chi connectivity index (χ3v) is 4.04. The van der Waals surface area contributed by atoms with Crippen LogP contribution in [0.3, 0.4) is 0 Å². The second-order valence-corrected chi connectivity index (χ2v) is 7.38. The molecule has 0 radical (unpaired) electrons. The van der Waals surface area contributed by atoms with Gasteiger partial charge < -0.3 is 10.4 Å². The molecule has 1 aromatic carbocycles. The zero-order valence-corrected chi connectivity index (χ0v) is 13.1. The molecular weight excluding hydrogens is 296 g/mol. The first-order valence-electron chi connectivity index (χ1n) is 6.51. The van der Waals surface area contributed by atoms with Gasteiger partial charge in [0.05, 0.1) is 16.4 Å². The fourth-order valence-electron chi connectivity index (χ4n) is 1.98. The second kappa shape index (κ2) is 6.86. The maximum Gasteiger partial charge on any atom is 0.293 e. The molecule has 1 unspecified atom stereocenters. The van der Waals surface area contributed by atoms with E-state index >= 15 is 0 Å². The van der Waals surface area contributed by atoms with Crippen LogP contribution in [-0.2, 0) is 9.84 Å². The van der Waals surface area contributed by atoms with E-state index in [2.05, 4.69) is 5.32 Å². The van der Waals surface area contributed by atoms with Crippen LogP contribution in [0.5, 0.6) is 0 Å². The van der Waals surface area contributed by atoms with Crippen molar-refractivity contribution in [2.75, 3.05) is 18.2 Å². The van der Waals surface area contributed by atoms with Crippen LogP contribution in [0.1, 0.15) is 20.3 Å². The number of nitro groups is 1. The molecule has 2 N–H and O–H groups in total. The summed E-state index contributed by atoms with van der Waals surface area (Å²) in [5, 5.41) is 23.3. The van der Waals surface area contributed by atoms with Crippen molar-refractivity contribution in [2.24, 2.45) is 5.92 Å². The van der Waals surface area contributed by atoms with E-state index < -0.39 is 14.8 Å². The highest BCUT2D eigenvalue weighted by Gasteiger charge is 2.21. The molecule has 7 nitrogen and oxygen atoms in total. The number of nitrogens with one attached hydrogen (secondary N) is 1. The Morgan fingerprint density at radius 3 is 2.43 bits per heavy atom. The van der Waals surface area contributed by atoms with Gasteiger partial charge in [-0.15, -0.1) is 0 Å². The largest absolute Gasteiger partial charge is 0.394 e. The molecule has 0 saturated carbocycles. The quantitative estimate of drug-likeness (QED) is 0.586. The van der Waals surface area contributed by atoms with Gasteiger partial charge in [-0.3, -0.25) is 10.1 Å². The number of sulfone groups is 1. The minimum absolute atomic E-state index is 0.107. The van der Waals surface area contributed by atoms with Gasteiger partial charge in [-0.05, 0) is 24.5 Å². The number of hydrogen-bond acceptors (Lipinski definition) is 6. The van der Waals surface area contributed by atoms with Gasteiger partial charge in [0.15, 0.2) is 9.84 Å². The van der Waals surface area contributed by atoms with Crippen molar-refractivity contribution < 1.29 is 18.4 Å². The second-order valence-electron chi connectivity index (χ2n) is 5.36. The van der Waals surface area contributed by atoms with Crippen molar-refractivity contribution in [3.05, 3.63) is 28.3 Å². The smallest absolute Gasteiger partial charge is 0.293 e. The number of nitro benzene ring substituents is 1. The van der Waals surface area contributed by atoms with E-state index in [0.717, 1.165) is 12.3 Å². The Labute approximate surface area is 124 Å². The van der Waals surface area contributed by atoms with Crippen LogP contribution < -0.4 is 5.32 Å². The number of aliphatic hydroxyl groups is 1. The fraction of sp³-hybridized carbons (Fsp3) is 0.538. The number of aliphatic hydroxyl groups excluding tert-OH is 1. The zero-order chi connectivity index (χ0) is 16.2. The lowest BCUT2D eigenvalue weighted by atomic mass is 10.0. The molecular formula is C13H20N2O5S. The van der Waals surface area contributed by atoms with Gasteiger partial charge in [0, 0.05) is 18.4 Å². The monoisotopic (exact) mass is 316 g/mol. The summed E-state index contributed by atoms with van der Waals surface area (Å²) in [4.78, 5) is 10.4. The Hall–Kier alpha value is -1.67. The summed E-state index contributed by atoms with van der Waals surface area (Å²) < 4.78 is 22.9. The van der Waals surface area contributed by atoms with Crippen molar-refractivity contribution in [2.45, 2.75) is 31.2 Å². The Morgan fingerprint density at radius 1 is 1.38 bits per heavy atom. The SMILES string of the molecule is CC(C)CC(CO)Nc1ccc(S(C)(=O)=O)cc1[N+](=O)[O-]. The molecule has 118 valence electrons. The minimum Gasteiger partial charge on any atom is -0.394 e.